The van der Waals surface area contributed by atoms with E-state index in [-0.39, 0.29) is 0 Å². The van der Waals surface area contributed by atoms with Crippen LogP contribution in [0, 0.1) is 17.2 Å². The van der Waals surface area contributed by atoms with Crippen molar-refractivity contribution < 1.29 is 0 Å². The van der Waals surface area contributed by atoms with Crippen LogP contribution < -0.4 is 5.73 Å². The Hall–Kier alpha value is -1.37. The normalized spacial score (nSPS) is 21.4. The minimum absolute atomic E-state index is 0.719. The molecule has 20 heavy (non-hydrogen) atoms. The van der Waals surface area contributed by atoms with E-state index in [0.717, 1.165) is 30.5 Å². The zero-order valence-electron chi connectivity index (χ0n) is 12.0. The maximum absolute atomic E-state index is 9.51. The first-order chi connectivity index (χ1) is 9.71. The molecule has 0 spiro atoms. The molecule has 1 unspecified atom stereocenters. The number of nitrogens with two attached hydrogens (primary N) is 1. The SMILES string of the molecule is N#CC(N)(CCN(CC1CC1)C1CC1)c1ccccc1. The van der Waals surface area contributed by atoms with Crippen LogP contribution in [-0.2, 0) is 5.54 Å². The second-order valence-electron chi connectivity index (χ2n) is 6.37. The fraction of sp³-hybridized carbons (Fsp3) is 0.588. The summed E-state index contributed by atoms with van der Waals surface area (Å²) < 4.78 is 0. The quantitative estimate of drug-likeness (QED) is 0.828. The first-order valence-electron chi connectivity index (χ1n) is 7.71. The highest BCUT2D eigenvalue weighted by atomic mass is 15.2. The third-order valence-electron chi connectivity index (χ3n) is 4.53. The lowest BCUT2D eigenvalue weighted by Crippen LogP contribution is -2.40. The van der Waals surface area contributed by atoms with Gasteiger partial charge in [-0.1, -0.05) is 30.3 Å². The molecule has 0 heterocycles. The van der Waals surface area contributed by atoms with E-state index in [1.807, 2.05) is 30.3 Å². The van der Waals surface area contributed by atoms with Crippen molar-refractivity contribution in [3.63, 3.8) is 0 Å². The number of rotatable bonds is 7. The molecule has 2 aliphatic carbocycles. The summed E-state index contributed by atoms with van der Waals surface area (Å²) in [5, 5.41) is 9.51. The van der Waals surface area contributed by atoms with E-state index in [9.17, 15) is 5.26 Å². The second-order valence-corrected chi connectivity index (χ2v) is 6.37. The van der Waals surface area contributed by atoms with E-state index in [1.165, 1.54) is 32.2 Å². The third kappa shape index (κ3) is 3.20. The van der Waals surface area contributed by atoms with E-state index < -0.39 is 5.54 Å². The molecular weight excluding hydrogens is 246 g/mol. The van der Waals surface area contributed by atoms with Crippen molar-refractivity contribution in [2.45, 2.75) is 43.7 Å². The summed E-state index contributed by atoms with van der Waals surface area (Å²) in [6, 6.07) is 12.9. The molecule has 1 aromatic carbocycles. The molecule has 3 heteroatoms. The van der Waals surface area contributed by atoms with Gasteiger partial charge < -0.3 is 5.73 Å². The Morgan fingerprint density at radius 3 is 2.45 bits per heavy atom. The smallest absolute Gasteiger partial charge is 0.131 e. The van der Waals surface area contributed by atoms with Crippen LogP contribution in [-0.4, -0.2) is 24.0 Å². The lowest BCUT2D eigenvalue weighted by Gasteiger charge is -2.28. The maximum atomic E-state index is 9.51. The van der Waals surface area contributed by atoms with Gasteiger partial charge in [0.15, 0.2) is 0 Å². The molecular formula is C17H23N3. The molecule has 0 aromatic heterocycles. The Morgan fingerprint density at radius 2 is 1.90 bits per heavy atom. The van der Waals surface area contributed by atoms with Crippen LogP contribution in [0.25, 0.3) is 0 Å². The van der Waals surface area contributed by atoms with Crippen LogP contribution >= 0.6 is 0 Å². The van der Waals surface area contributed by atoms with Gasteiger partial charge in [0.25, 0.3) is 0 Å². The van der Waals surface area contributed by atoms with E-state index in [4.69, 9.17) is 5.73 Å². The van der Waals surface area contributed by atoms with Gasteiger partial charge in [0.2, 0.25) is 0 Å². The fourth-order valence-electron chi connectivity index (χ4n) is 2.81. The topological polar surface area (TPSA) is 53.1 Å². The third-order valence-corrected chi connectivity index (χ3v) is 4.53. The highest BCUT2D eigenvalue weighted by Gasteiger charge is 2.35. The molecule has 2 fully saturated rings. The summed E-state index contributed by atoms with van der Waals surface area (Å²) in [5.41, 5.74) is 6.43. The molecule has 3 rings (SSSR count). The standard InChI is InChI=1S/C17H23N3/c18-13-17(19,15-4-2-1-3-5-15)10-11-20(16-8-9-16)12-14-6-7-14/h1-5,14,16H,6-12,19H2. The minimum atomic E-state index is -0.849. The first-order valence-corrected chi connectivity index (χ1v) is 7.71. The number of nitriles is 1. The number of hydrogen-bond donors (Lipinski definition) is 1. The Labute approximate surface area is 121 Å². The zero-order valence-corrected chi connectivity index (χ0v) is 12.0. The van der Waals surface area contributed by atoms with Gasteiger partial charge in [-0.2, -0.15) is 5.26 Å². The Morgan fingerprint density at radius 1 is 1.20 bits per heavy atom. The van der Waals surface area contributed by atoms with Crippen molar-refractivity contribution in [2.75, 3.05) is 13.1 Å². The van der Waals surface area contributed by atoms with Crippen LogP contribution in [0.2, 0.25) is 0 Å². The summed E-state index contributed by atoms with van der Waals surface area (Å²) in [7, 11) is 0. The predicted octanol–water partition coefficient (Wildman–Crippen LogP) is 2.63. The molecule has 2 N–H and O–H groups in total. The average molecular weight is 269 g/mol. The van der Waals surface area contributed by atoms with Crippen molar-refractivity contribution >= 4 is 0 Å². The molecule has 0 radical (unpaired) electrons. The fourth-order valence-corrected chi connectivity index (χ4v) is 2.81. The summed E-state index contributed by atoms with van der Waals surface area (Å²) in [6.45, 7) is 2.15. The van der Waals surface area contributed by atoms with Gasteiger partial charge in [0.1, 0.15) is 5.54 Å². The van der Waals surface area contributed by atoms with Gasteiger partial charge >= 0.3 is 0 Å². The maximum Gasteiger partial charge on any atom is 0.131 e. The van der Waals surface area contributed by atoms with Crippen molar-refractivity contribution in [1.29, 1.82) is 5.26 Å². The van der Waals surface area contributed by atoms with Crippen LogP contribution in [0.5, 0.6) is 0 Å². The van der Waals surface area contributed by atoms with E-state index >= 15 is 0 Å². The molecule has 1 aromatic rings. The molecule has 0 bridgehead atoms. The van der Waals surface area contributed by atoms with Gasteiger partial charge in [0, 0.05) is 19.1 Å². The van der Waals surface area contributed by atoms with Gasteiger partial charge in [-0.05, 0) is 43.6 Å². The highest BCUT2D eigenvalue weighted by Crippen LogP contribution is 2.35. The van der Waals surface area contributed by atoms with E-state index in [0.29, 0.717) is 0 Å². The van der Waals surface area contributed by atoms with E-state index in [1.54, 1.807) is 0 Å². The molecule has 2 aliphatic rings. The van der Waals surface area contributed by atoms with Crippen molar-refractivity contribution in [3.8, 4) is 6.07 Å². The van der Waals surface area contributed by atoms with Gasteiger partial charge in [-0.25, -0.2) is 0 Å². The Balaban J connectivity index is 1.63. The van der Waals surface area contributed by atoms with E-state index in [2.05, 4.69) is 11.0 Å². The van der Waals surface area contributed by atoms with Crippen molar-refractivity contribution in [3.05, 3.63) is 35.9 Å². The van der Waals surface area contributed by atoms with Gasteiger partial charge in [-0.3, -0.25) is 4.90 Å². The van der Waals surface area contributed by atoms with Crippen LogP contribution in [0.1, 0.15) is 37.7 Å². The summed E-state index contributed by atoms with van der Waals surface area (Å²) in [5.74, 6) is 0.904. The predicted molar refractivity (Wildman–Crippen MR) is 79.9 cm³/mol. The molecule has 0 aliphatic heterocycles. The van der Waals surface area contributed by atoms with Gasteiger partial charge in [-0.15, -0.1) is 0 Å². The zero-order chi connectivity index (χ0) is 14.0. The van der Waals surface area contributed by atoms with Crippen molar-refractivity contribution in [2.24, 2.45) is 11.7 Å². The summed E-state index contributed by atoms with van der Waals surface area (Å²) in [6.07, 6.45) is 6.13. The minimum Gasteiger partial charge on any atom is -0.310 e. The Bertz CT molecular complexity index is 485. The first kappa shape index (κ1) is 13.6. The van der Waals surface area contributed by atoms with Crippen LogP contribution in [0.3, 0.4) is 0 Å². The number of nitrogens with zero attached hydrogens (tertiary/aromatic N) is 2. The molecule has 2 saturated carbocycles. The largest absolute Gasteiger partial charge is 0.310 e. The lowest BCUT2D eigenvalue weighted by atomic mass is 9.89. The molecule has 3 nitrogen and oxygen atoms in total. The molecule has 1 atom stereocenters. The summed E-state index contributed by atoms with van der Waals surface area (Å²) >= 11 is 0. The van der Waals surface area contributed by atoms with Crippen LogP contribution in [0.15, 0.2) is 30.3 Å². The Kier molecular flexibility index (Phi) is 3.78. The number of hydrogen-bond acceptors (Lipinski definition) is 3. The van der Waals surface area contributed by atoms with Crippen LogP contribution in [0.4, 0.5) is 0 Å². The average Bonchev–Trinajstić information content (AvgIpc) is 3.37. The second kappa shape index (κ2) is 5.55. The van der Waals surface area contributed by atoms with Crippen molar-refractivity contribution in [1.82, 2.24) is 4.90 Å². The monoisotopic (exact) mass is 269 g/mol. The molecule has 0 saturated heterocycles. The van der Waals surface area contributed by atoms with Gasteiger partial charge in [0.05, 0.1) is 6.07 Å². The number of benzene rings is 1. The molecule has 106 valence electrons. The highest BCUT2D eigenvalue weighted by molar-refractivity contribution is 5.30. The lowest BCUT2D eigenvalue weighted by molar-refractivity contribution is 0.234. The molecule has 0 amide bonds. The summed E-state index contributed by atoms with van der Waals surface area (Å²) in [4.78, 5) is 2.57.